The van der Waals surface area contributed by atoms with Gasteiger partial charge in [0.1, 0.15) is 10.7 Å². The molecular weight excluding hydrogens is 371 g/mol. The van der Waals surface area contributed by atoms with E-state index in [0.29, 0.717) is 35.3 Å². The van der Waals surface area contributed by atoms with E-state index < -0.39 is 21.7 Å². The zero-order valence-corrected chi connectivity index (χ0v) is 14.8. The van der Waals surface area contributed by atoms with Gasteiger partial charge in [-0.05, 0) is 17.7 Å². The van der Waals surface area contributed by atoms with Gasteiger partial charge < -0.3 is 14.7 Å². The topological polar surface area (TPSA) is 96.8 Å². The fraction of sp³-hybridized carbons (Fsp3) is 0.333. The van der Waals surface area contributed by atoms with Crippen molar-refractivity contribution in [2.24, 2.45) is 5.92 Å². The van der Waals surface area contributed by atoms with E-state index in [1.54, 1.807) is 0 Å². The Morgan fingerprint density at radius 3 is 2.80 bits per heavy atom. The number of thiazole rings is 1. The van der Waals surface area contributed by atoms with Crippen LogP contribution < -0.4 is 4.74 Å². The standard InChI is InChI=1S/C15H15FN2O5S2/c1-25(21,22)13-3-2-10(4-11(13)16)12-5-17-14(24-12)23-8-9-6-18(7-9)15(19)20/h2-5,9H,6-8H2,1H3,(H,19,20). The molecule has 1 fully saturated rings. The van der Waals surface area contributed by atoms with Crippen molar-refractivity contribution in [3.05, 3.63) is 30.2 Å². The summed E-state index contributed by atoms with van der Waals surface area (Å²) in [7, 11) is -3.61. The SMILES string of the molecule is CS(=O)(=O)c1ccc(-c2cnc(OCC3CN(C(=O)O)C3)s2)cc1F. The molecule has 0 saturated carbocycles. The predicted octanol–water partition coefficient (Wildman–Crippen LogP) is 2.34. The van der Waals surface area contributed by atoms with Gasteiger partial charge in [-0.2, -0.15) is 0 Å². The lowest BCUT2D eigenvalue weighted by molar-refractivity contribution is 0.0585. The van der Waals surface area contributed by atoms with E-state index in [1.165, 1.54) is 34.6 Å². The van der Waals surface area contributed by atoms with Gasteiger partial charge in [0.15, 0.2) is 9.84 Å². The molecule has 134 valence electrons. The summed E-state index contributed by atoms with van der Waals surface area (Å²) >= 11 is 1.21. The Kier molecular flexibility index (Phi) is 4.65. The molecule has 0 bridgehead atoms. The summed E-state index contributed by atoms with van der Waals surface area (Å²) in [5.74, 6) is -0.672. The van der Waals surface area contributed by atoms with Crippen LogP contribution in [-0.2, 0) is 9.84 Å². The predicted molar refractivity (Wildman–Crippen MR) is 89.2 cm³/mol. The van der Waals surface area contributed by atoms with E-state index in [0.717, 1.165) is 12.3 Å². The minimum absolute atomic E-state index is 0.134. The van der Waals surface area contributed by atoms with Crippen LogP contribution in [0.4, 0.5) is 9.18 Å². The molecule has 10 heteroatoms. The van der Waals surface area contributed by atoms with Gasteiger partial charge in [-0.3, -0.25) is 0 Å². The lowest BCUT2D eigenvalue weighted by Gasteiger charge is -2.36. The third kappa shape index (κ3) is 3.90. The van der Waals surface area contributed by atoms with Crippen LogP contribution in [0.1, 0.15) is 0 Å². The first-order chi connectivity index (χ1) is 11.7. The Bertz CT molecular complexity index is 906. The first kappa shape index (κ1) is 17.6. The summed E-state index contributed by atoms with van der Waals surface area (Å²) in [5, 5.41) is 9.16. The fourth-order valence-electron chi connectivity index (χ4n) is 2.43. The summed E-state index contributed by atoms with van der Waals surface area (Å²) in [4.78, 5) is 16.4. The van der Waals surface area contributed by atoms with Crippen molar-refractivity contribution < 1.29 is 27.4 Å². The van der Waals surface area contributed by atoms with Crippen molar-refractivity contribution in [3.8, 4) is 15.6 Å². The van der Waals surface area contributed by atoms with Crippen LogP contribution in [-0.4, -0.2) is 55.5 Å². The number of carboxylic acid groups (broad SMARTS) is 1. The lowest BCUT2D eigenvalue weighted by Crippen LogP contribution is -2.51. The number of likely N-dealkylation sites (tertiary alicyclic amines) is 1. The number of ether oxygens (including phenoxy) is 1. The number of carbonyl (C=O) groups is 1. The minimum Gasteiger partial charge on any atom is -0.470 e. The maximum absolute atomic E-state index is 14.0. The fourth-order valence-corrected chi connectivity index (χ4v) is 3.93. The number of halogens is 1. The molecule has 0 spiro atoms. The Hall–Kier alpha value is -2.20. The zero-order chi connectivity index (χ0) is 18.2. The van der Waals surface area contributed by atoms with E-state index in [4.69, 9.17) is 9.84 Å². The van der Waals surface area contributed by atoms with E-state index in [9.17, 15) is 17.6 Å². The highest BCUT2D eigenvalue weighted by molar-refractivity contribution is 7.90. The van der Waals surface area contributed by atoms with Crippen molar-refractivity contribution in [2.45, 2.75) is 4.90 Å². The molecule has 1 aliphatic heterocycles. The summed E-state index contributed by atoms with van der Waals surface area (Å²) in [6.07, 6.45) is 1.54. The van der Waals surface area contributed by atoms with Crippen LogP contribution in [0, 0.1) is 11.7 Å². The van der Waals surface area contributed by atoms with Gasteiger partial charge in [0.25, 0.3) is 5.19 Å². The number of benzene rings is 1. The largest absolute Gasteiger partial charge is 0.470 e. The molecule has 1 saturated heterocycles. The maximum atomic E-state index is 14.0. The molecule has 1 aliphatic rings. The van der Waals surface area contributed by atoms with Gasteiger partial charge in [-0.1, -0.05) is 17.4 Å². The molecule has 0 radical (unpaired) electrons. The smallest absolute Gasteiger partial charge is 0.407 e. The van der Waals surface area contributed by atoms with Crippen molar-refractivity contribution in [1.82, 2.24) is 9.88 Å². The quantitative estimate of drug-likeness (QED) is 0.847. The Balaban J connectivity index is 1.64. The lowest BCUT2D eigenvalue weighted by atomic mass is 10.0. The Morgan fingerprint density at radius 2 is 2.20 bits per heavy atom. The molecule has 3 rings (SSSR count). The maximum Gasteiger partial charge on any atom is 0.407 e. The Morgan fingerprint density at radius 1 is 1.48 bits per heavy atom. The second-order valence-electron chi connectivity index (χ2n) is 5.77. The van der Waals surface area contributed by atoms with Crippen LogP contribution in [0.2, 0.25) is 0 Å². The number of hydrogen-bond acceptors (Lipinski definition) is 6. The second kappa shape index (κ2) is 6.60. The van der Waals surface area contributed by atoms with Gasteiger partial charge in [0, 0.05) is 31.5 Å². The van der Waals surface area contributed by atoms with Crippen molar-refractivity contribution in [3.63, 3.8) is 0 Å². The van der Waals surface area contributed by atoms with Gasteiger partial charge in [0.2, 0.25) is 0 Å². The van der Waals surface area contributed by atoms with Gasteiger partial charge in [-0.15, -0.1) is 0 Å². The van der Waals surface area contributed by atoms with Crippen LogP contribution in [0.5, 0.6) is 5.19 Å². The van der Waals surface area contributed by atoms with Crippen LogP contribution >= 0.6 is 11.3 Å². The molecule has 1 N–H and O–H groups in total. The average molecular weight is 386 g/mol. The molecule has 1 amide bonds. The highest BCUT2D eigenvalue weighted by Gasteiger charge is 2.31. The van der Waals surface area contributed by atoms with E-state index in [2.05, 4.69) is 4.98 Å². The van der Waals surface area contributed by atoms with Gasteiger partial charge in [-0.25, -0.2) is 22.6 Å². The van der Waals surface area contributed by atoms with Crippen LogP contribution in [0.15, 0.2) is 29.3 Å². The number of aromatic nitrogens is 1. The molecule has 25 heavy (non-hydrogen) atoms. The monoisotopic (exact) mass is 386 g/mol. The summed E-state index contributed by atoms with van der Waals surface area (Å²) in [5.41, 5.74) is 0.512. The third-order valence-electron chi connectivity index (χ3n) is 3.77. The molecule has 2 heterocycles. The molecule has 7 nitrogen and oxygen atoms in total. The van der Waals surface area contributed by atoms with E-state index in [-0.39, 0.29) is 10.8 Å². The molecule has 1 aromatic carbocycles. The van der Waals surface area contributed by atoms with Crippen LogP contribution in [0.3, 0.4) is 0 Å². The molecule has 1 aromatic heterocycles. The molecule has 2 aromatic rings. The van der Waals surface area contributed by atoms with Gasteiger partial charge >= 0.3 is 6.09 Å². The first-order valence-electron chi connectivity index (χ1n) is 7.30. The van der Waals surface area contributed by atoms with E-state index in [1.807, 2.05) is 0 Å². The number of amides is 1. The van der Waals surface area contributed by atoms with E-state index >= 15 is 0 Å². The van der Waals surface area contributed by atoms with Crippen molar-refractivity contribution in [2.75, 3.05) is 26.0 Å². The first-order valence-corrected chi connectivity index (χ1v) is 10.0. The molecule has 0 aliphatic carbocycles. The van der Waals surface area contributed by atoms with Crippen LogP contribution in [0.25, 0.3) is 10.4 Å². The number of rotatable bonds is 5. The van der Waals surface area contributed by atoms with Gasteiger partial charge in [0.05, 0.1) is 11.5 Å². The number of sulfone groups is 1. The minimum atomic E-state index is -3.61. The summed E-state index contributed by atoms with van der Waals surface area (Å²) in [6.45, 7) is 1.23. The highest BCUT2D eigenvalue weighted by atomic mass is 32.2. The molecule has 0 unspecified atom stereocenters. The number of hydrogen-bond donors (Lipinski definition) is 1. The zero-order valence-electron chi connectivity index (χ0n) is 13.2. The van der Waals surface area contributed by atoms with Crippen molar-refractivity contribution in [1.29, 1.82) is 0 Å². The average Bonchev–Trinajstić information content (AvgIpc) is 2.92. The number of nitrogens with zero attached hydrogens (tertiary/aromatic N) is 2. The second-order valence-corrected chi connectivity index (χ2v) is 8.75. The van der Waals surface area contributed by atoms with Crippen molar-refractivity contribution >= 4 is 27.3 Å². The third-order valence-corrected chi connectivity index (χ3v) is 5.86. The summed E-state index contributed by atoms with van der Waals surface area (Å²) < 4.78 is 42.4. The molecular formula is C15H15FN2O5S2. The highest BCUT2D eigenvalue weighted by Crippen LogP contribution is 2.32. The summed E-state index contributed by atoms with van der Waals surface area (Å²) in [6, 6.07) is 3.91. The normalized spacial score (nSPS) is 15.0. The molecule has 0 atom stereocenters. The Labute approximate surface area is 147 Å².